The molecule has 0 aliphatic heterocycles. The molecule has 2 aromatic carbocycles. The Hall–Kier alpha value is -2.83. The Bertz CT molecular complexity index is 687. The van der Waals surface area contributed by atoms with Crippen molar-refractivity contribution in [2.24, 2.45) is 0 Å². The van der Waals surface area contributed by atoms with E-state index in [1.807, 2.05) is 0 Å². The molecule has 21 heavy (non-hydrogen) atoms. The number of nitrogens with zero attached hydrogens (tertiary/aromatic N) is 1. The number of benzene rings is 2. The zero-order valence-electron chi connectivity index (χ0n) is 10.7. The van der Waals surface area contributed by atoms with Gasteiger partial charge in [-0.15, -0.1) is 0 Å². The van der Waals surface area contributed by atoms with Crippen molar-refractivity contribution < 1.29 is 18.5 Å². The second kappa shape index (κ2) is 6.08. The summed E-state index contributed by atoms with van der Waals surface area (Å²) in [4.78, 5) is 21.4. The quantitative estimate of drug-likeness (QED) is 0.695. The summed E-state index contributed by atoms with van der Waals surface area (Å²) < 4.78 is 26.1. The van der Waals surface area contributed by atoms with Gasteiger partial charge in [0.2, 0.25) is 5.82 Å². The summed E-state index contributed by atoms with van der Waals surface area (Å²) in [7, 11) is 0. The first-order chi connectivity index (χ1) is 9.97. The molecule has 1 N–H and O–H groups in total. The maximum absolute atomic E-state index is 13.4. The number of nitro benzene ring substituents is 1. The van der Waals surface area contributed by atoms with Gasteiger partial charge in [-0.1, -0.05) is 12.1 Å². The number of hydrogen-bond donors (Lipinski definition) is 1. The summed E-state index contributed by atoms with van der Waals surface area (Å²) in [6, 6.07) is 8.43. The van der Waals surface area contributed by atoms with Crippen molar-refractivity contribution in [3.8, 4) is 0 Å². The molecule has 2 rings (SSSR count). The highest BCUT2D eigenvalue weighted by atomic mass is 19.1. The number of nitrogens with one attached hydrogen (secondary N) is 1. The molecule has 0 bridgehead atoms. The van der Waals surface area contributed by atoms with Gasteiger partial charge in [-0.25, -0.2) is 4.39 Å². The molecular weight excluding hydrogens is 282 g/mol. The average Bonchev–Trinajstić information content (AvgIpc) is 2.45. The van der Waals surface area contributed by atoms with Crippen molar-refractivity contribution in [2.45, 2.75) is 6.54 Å². The van der Waals surface area contributed by atoms with Crippen molar-refractivity contribution in [3.05, 3.63) is 75.3 Å². The van der Waals surface area contributed by atoms with E-state index in [-0.39, 0.29) is 17.9 Å². The van der Waals surface area contributed by atoms with Gasteiger partial charge >= 0.3 is 5.69 Å². The molecule has 0 radical (unpaired) electrons. The van der Waals surface area contributed by atoms with E-state index in [1.54, 1.807) is 0 Å². The van der Waals surface area contributed by atoms with Crippen LogP contribution in [0.15, 0.2) is 42.5 Å². The van der Waals surface area contributed by atoms with Crippen molar-refractivity contribution >= 4 is 11.6 Å². The van der Waals surface area contributed by atoms with Gasteiger partial charge in [-0.2, -0.15) is 4.39 Å². The molecular formula is C14H10F2N2O3. The number of rotatable bonds is 4. The van der Waals surface area contributed by atoms with Gasteiger partial charge in [-0.3, -0.25) is 14.9 Å². The minimum atomic E-state index is -1.07. The van der Waals surface area contributed by atoms with E-state index in [1.165, 1.54) is 30.3 Å². The lowest BCUT2D eigenvalue weighted by Crippen LogP contribution is -2.22. The van der Waals surface area contributed by atoms with Gasteiger partial charge in [0.05, 0.1) is 4.92 Å². The van der Waals surface area contributed by atoms with Gasteiger partial charge in [0.15, 0.2) is 0 Å². The first-order valence-corrected chi connectivity index (χ1v) is 5.94. The van der Waals surface area contributed by atoms with Crippen LogP contribution in [0.5, 0.6) is 0 Å². The Kier molecular flexibility index (Phi) is 4.22. The fraction of sp³-hybridized carbons (Fsp3) is 0.0714. The van der Waals surface area contributed by atoms with Crippen LogP contribution in [0, 0.1) is 21.7 Å². The second-order valence-electron chi connectivity index (χ2n) is 4.23. The lowest BCUT2D eigenvalue weighted by molar-refractivity contribution is -0.387. The maximum atomic E-state index is 13.4. The van der Waals surface area contributed by atoms with E-state index in [9.17, 15) is 23.7 Å². The van der Waals surface area contributed by atoms with Crippen LogP contribution in [-0.4, -0.2) is 10.8 Å². The Morgan fingerprint density at radius 3 is 2.38 bits per heavy atom. The summed E-state index contributed by atoms with van der Waals surface area (Å²) in [5, 5.41) is 13.0. The van der Waals surface area contributed by atoms with Crippen LogP contribution in [0.2, 0.25) is 0 Å². The molecule has 1 amide bonds. The predicted octanol–water partition coefficient (Wildman–Crippen LogP) is 2.80. The minimum absolute atomic E-state index is 0.0276. The molecule has 0 unspecified atom stereocenters. The third-order valence-electron chi connectivity index (χ3n) is 2.77. The highest BCUT2D eigenvalue weighted by Gasteiger charge is 2.16. The van der Waals surface area contributed by atoms with Gasteiger partial charge in [-0.05, 0) is 29.8 Å². The van der Waals surface area contributed by atoms with Crippen LogP contribution in [0.4, 0.5) is 14.5 Å². The zero-order valence-corrected chi connectivity index (χ0v) is 10.7. The van der Waals surface area contributed by atoms with E-state index in [4.69, 9.17) is 0 Å². The van der Waals surface area contributed by atoms with Gasteiger partial charge in [0, 0.05) is 18.2 Å². The Labute approximate surface area is 118 Å². The molecule has 0 saturated carbocycles. The number of carbonyl (C=O) groups excluding carboxylic acids is 1. The molecule has 108 valence electrons. The van der Waals surface area contributed by atoms with E-state index >= 15 is 0 Å². The molecule has 2 aromatic rings. The van der Waals surface area contributed by atoms with Crippen LogP contribution in [0.3, 0.4) is 0 Å². The van der Waals surface area contributed by atoms with Crippen LogP contribution >= 0.6 is 0 Å². The van der Waals surface area contributed by atoms with Crippen molar-refractivity contribution in [1.29, 1.82) is 0 Å². The predicted molar refractivity (Wildman–Crippen MR) is 70.6 cm³/mol. The van der Waals surface area contributed by atoms with Gasteiger partial charge < -0.3 is 5.32 Å². The van der Waals surface area contributed by atoms with Crippen molar-refractivity contribution in [1.82, 2.24) is 5.32 Å². The Morgan fingerprint density at radius 2 is 1.81 bits per heavy atom. The summed E-state index contributed by atoms with van der Waals surface area (Å²) >= 11 is 0. The highest BCUT2D eigenvalue weighted by molar-refractivity contribution is 5.94. The van der Waals surface area contributed by atoms with Gasteiger partial charge in [0.25, 0.3) is 5.91 Å². The van der Waals surface area contributed by atoms with E-state index in [0.29, 0.717) is 5.56 Å². The van der Waals surface area contributed by atoms with E-state index in [0.717, 1.165) is 12.1 Å². The highest BCUT2D eigenvalue weighted by Crippen LogP contribution is 2.18. The molecule has 0 aromatic heterocycles. The molecule has 7 heteroatoms. The molecule has 0 aliphatic carbocycles. The first-order valence-electron chi connectivity index (χ1n) is 5.94. The van der Waals surface area contributed by atoms with Crippen molar-refractivity contribution in [2.75, 3.05) is 0 Å². The minimum Gasteiger partial charge on any atom is -0.348 e. The first kappa shape index (κ1) is 14.6. The number of halogens is 2. The lowest BCUT2D eigenvalue weighted by Gasteiger charge is -2.05. The Morgan fingerprint density at radius 1 is 1.14 bits per heavy atom. The fourth-order valence-electron chi connectivity index (χ4n) is 1.68. The standard InChI is InChI=1S/C14H10F2N2O3/c15-11-4-1-9(2-5-11)8-17-14(19)10-3-6-13(18(20)21)12(16)7-10/h1-7H,8H2,(H,17,19). The summed E-state index contributed by atoms with van der Waals surface area (Å²) in [5.74, 6) is -2.04. The van der Waals surface area contributed by atoms with E-state index in [2.05, 4.69) is 5.32 Å². The SMILES string of the molecule is O=C(NCc1ccc(F)cc1)c1ccc([N+](=O)[O-])c(F)c1. The molecule has 0 saturated heterocycles. The number of amides is 1. The van der Waals surface area contributed by atoms with Crippen LogP contribution in [-0.2, 0) is 6.54 Å². The topological polar surface area (TPSA) is 72.2 Å². The number of hydrogen-bond acceptors (Lipinski definition) is 3. The van der Waals surface area contributed by atoms with Gasteiger partial charge in [0.1, 0.15) is 5.82 Å². The normalized spacial score (nSPS) is 10.2. The summed E-state index contributed by atoms with van der Waals surface area (Å²) in [5.41, 5.74) is -0.0440. The molecule has 5 nitrogen and oxygen atoms in total. The molecule has 0 fully saturated rings. The smallest absolute Gasteiger partial charge is 0.304 e. The molecule has 0 atom stereocenters. The molecule has 0 heterocycles. The third-order valence-corrected chi connectivity index (χ3v) is 2.77. The van der Waals surface area contributed by atoms with Crippen LogP contribution in [0.25, 0.3) is 0 Å². The second-order valence-corrected chi connectivity index (χ2v) is 4.23. The monoisotopic (exact) mass is 292 g/mol. The Balaban J connectivity index is 2.05. The van der Waals surface area contributed by atoms with E-state index < -0.39 is 22.3 Å². The van der Waals surface area contributed by atoms with Crippen LogP contribution < -0.4 is 5.32 Å². The number of carbonyl (C=O) groups is 1. The lowest BCUT2D eigenvalue weighted by atomic mass is 10.1. The maximum Gasteiger partial charge on any atom is 0.304 e. The zero-order chi connectivity index (χ0) is 15.4. The molecule has 0 aliphatic rings. The van der Waals surface area contributed by atoms with Crippen LogP contribution in [0.1, 0.15) is 15.9 Å². The largest absolute Gasteiger partial charge is 0.348 e. The number of nitro groups is 1. The summed E-state index contributed by atoms with van der Waals surface area (Å²) in [6.07, 6.45) is 0. The van der Waals surface area contributed by atoms with Crippen molar-refractivity contribution in [3.63, 3.8) is 0 Å². The third kappa shape index (κ3) is 3.59. The fourth-order valence-corrected chi connectivity index (χ4v) is 1.68. The summed E-state index contributed by atoms with van der Waals surface area (Å²) in [6.45, 7) is 0.137. The average molecular weight is 292 g/mol. The molecule has 0 spiro atoms.